The third-order valence-corrected chi connectivity index (χ3v) is 10.3. The second-order valence-corrected chi connectivity index (χ2v) is 14.4. The molecule has 10 atom stereocenters. The third kappa shape index (κ3) is 7.90. The number of aromatic nitrogens is 2. The van der Waals surface area contributed by atoms with Crippen LogP contribution in [0.3, 0.4) is 0 Å². The van der Waals surface area contributed by atoms with Crippen LogP contribution in [-0.4, -0.2) is 95.4 Å². The molecule has 2 aliphatic rings. The van der Waals surface area contributed by atoms with Crippen molar-refractivity contribution in [1.29, 1.82) is 0 Å². The highest BCUT2D eigenvalue weighted by atomic mass is 31.3. The summed E-state index contributed by atoms with van der Waals surface area (Å²) in [6, 6.07) is 5.90. The van der Waals surface area contributed by atoms with Crippen molar-refractivity contribution in [2.24, 2.45) is 11.5 Å². The number of pyridine rings is 2. The van der Waals surface area contributed by atoms with Crippen molar-refractivity contribution >= 4 is 27.0 Å². The molecular weight excluding hydrogens is 614 g/mol. The molecule has 19 heteroatoms. The van der Waals surface area contributed by atoms with Gasteiger partial charge in [0.25, 0.3) is 24.3 Å². The molecule has 0 bridgehead atoms. The second-order valence-electron chi connectivity index (χ2n) is 10.1. The molecule has 17 nitrogen and oxygen atoms in total. The lowest BCUT2D eigenvalue weighted by Gasteiger charge is -2.22. The molecule has 4 unspecified atom stereocenters. The van der Waals surface area contributed by atoms with Crippen LogP contribution in [0.4, 0.5) is 0 Å². The Hall–Kier alpha value is -2.66. The number of amides is 2. The molecule has 0 radical (unpaired) electrons. The maximum atomic E-state index is 13.0. The lowest BCUT2D eigenvalue weighted by Crippen LogP contribution is -2.46. The molecule has 236 valence electrons. The van der Waals surface area contributed by atoms with E-state index < -0.39 is 89.3 Å². The van der Waals surface area contributed by atoms with Crippen molar-refractivity contribution < 1.29 is 71.1 Å². The molecule has 4 rings (SSSR count). The van der Waals surface area contributed by atoms with Crippen LogP contribution in [0.2, 0.25) is 0 Å². The molecule has 2 aromatic heterocycles. The third-order valence-electron chi connectivity index (χ3n) is 6.72. The summed E-state index contributed by atoms with van der Waals surface area (Å²) in [6.07, 6.45) is -4.89. The van der Waals surface area contributed by atoms with Gasteiger partial charge in [0.15, 0.2) is 37.0 Å². The molecule has 0 saturated carbocycles. The van der Waals surface area contributed by atoms with Crippen LogP contribution in [0.5, 0.6) is 0 Å². The predicted molar refractivity (Wildman–Crippen MR) is 142 cm³/mol. The number of ether oxygens (including phenoxy) is 2. The van der Waals surface area contributed by atoms with E-state index in [0.29, 0.717) is 0 Å². The first-order chi connectivity index (χ1) is 20.1. The number of carbonyl (C=O) groups excluding carboxylic acids is 2. The van der Waals surface area contributed by atoms with Gasteiger partial charge in [-0.15, -0.1) is 0 Å². The van der Waals surface area contributed by atoms with Gasteiger partial charge in [0.2, 0.25) is 0 Å². The van der Waals surface area contributed by atoms with Crippen LogP contribution >= 0.6 is 15.2 Å². The lowest BCUT2D eigenvalue weighted by molar-refractivity contribution is -0.766. The number of aliphatic hydroxyl groups is 4. The Labute approximate surface area is 245 Å². The maximum Gasteiger partial charge on any atom is 0.334 e. The molecule has 8 N–H and O–H groups in total. The van der Waals surface area contributed by atoms with Crippen molar-refractivity contribution in [3.63, 3.8) is 0 Å². The molecule has 0 spiro atoms. The summed E-state index contributed by atoms with van der Waals surface area (Å²) in [5, 5.41) is 41.8. The average Bonchev–Trinajstić information content (AvgIpc) is 3.40. The van der Waals surface area contributed by atoms with Gasteiger partial charge in [-0.3, -0.25) is 18.7 Å². The number of aliphatic hydroxyl groups excluding tert-OH is 4. The maximum absolute atomic E-state index is 13.0. The molecule has 2 fully saturated rings. The highest BCUT2D eigenvalue weighted by Gasteiger charge is 2.50. The Balaban J connectivity index is 1.31. The zero-order valence-corrected chi connectivity index (χ0v) is 24.8. The van der Waals surface area contributed by atoms with E-state index in [1.54, 1.807) is 0 Å². The van der Waals surface area contributed by atoms with E-state index in [2.05, 4.69) is 0 Å². The minimum atomic E-state index is -4.12. The van der Waals surface area contributed by atoms with E-state index >= 15 is 0 Å². The summed E-state index contributed by atoms with van der Waals surface area (Å²) < 4.78 is 55.6. The average molecular weight is 648 g/mol. The monoisotopic (exact) mass is 648 g/mol. The van der Waals surface area contributed by atoms with Gasteiger partial charge in [0, 0.05) is 25.5 Å². The van der Waals surface area contributed by atoms with Crippen molar-refractivity contribution in [1.82, 2.24) is 0 Å². The molecule has 43 heavy (non-hydrogen) atoms. The zero-order chi connectivity index (χ0) is 31.7. The Morgan fingerprint density at radius 3 is 1.49 bits per heavy atom. The van der Waals surface area contributed by atoms with Crippen LogP contribution in [-0.2, 0) is 32.0 Å². The summed E-state index contributed by atoms with van der Waals surface area (Å²) >= 11 is 0. The number of rotatable bonds is 12. The number of nitrogens with zero attached hydrogens (tertiary/aromatic N) is 2. The van der Waals surface area contributed by atoms with Gasteiger partial charge in [-0.1, -0.05) is 0 Å². The molecular formula is C24H34N4O13P2+2. The largest absolute Gasteiger partial charge is 0.387 e. The lowest BCUT2D eigenvalue weighted by atomic mass is 10.1. The van der Waals surface area contributed by atoms with Gasteiger partial charge in [-0.05, 0) is 12.1 Å². The van der Waals surface area contributed by atoms with E-state index in [0.717, 1.165) is 13.3 Å². The minimum Gasteiger partial charge on any atom is -0.387 e. The first kappa shape index (κ1) is 33.2. The van der Waals surface area contributed by atoms with E-state index in [9.17, 15) is 39.1 Å². The van der Waals surface area contributed by atoms with Crippen molar-refractivity contribution in [2.75, 3.05) is 26.5 Å². The highest BCUT2D eigenvalue weighted by molar-refractivity contribution is 7.66. The number of carbonyl (C=O) groups is 2. The normalized spacial score (nSPS) is 31.8. The minimum absolute atomic E-state index is 0.134. The standard InChI is InChI=1S/C24H32N4O13P2/c1-42(35,37-11-15-17(29)19(31)23(39-15)27-7-3-5-13(9-27)21(25)33)41-43(2,36)38-12-16-18(30)20(32)24(40-16)28-8-4-6-14(10-28)22(26)34/h3-10,15-20,23-24,29-32H,11-12H2,1-2H3,(H2-2,25,26,33,34)/p+2/t15-,16-,17-,18-,19-,20-,23?,24?,42?,43?/m1/s1. The van der Waals surface area contributed by atoms with Crippen molar-refractivity contribution in [2.45, 2.75) is 49.1 Å². The Bertz CT molecular complexity index is 1340. The zero-order valence-electron chi connectivity index (χ0n) is 23.1. The fourth-order valence-corrected chi connectivity index (χ4v) is 7.92. The molecule has 4 heterocycles. The quantitative estimate of drug-likeness (QED) is 0.109. The van der Waals surface area contributed by atoms with E-state index in [1.165, 1.54) is 58.2 Å². The number of hydrogen-bond acceptors (Lipinski definition) is 13. The first-order valence-electron chi connectivity index (χ1n) is 12.9. The van der Waals surface area contributed by atoms with Gasteiger partial charge < -0.3 is 50.4 Å². The van der Waals surface area contributed by atoms with Gasteiger partial charge in [0.05, 0.1) is 13.2 Å². The topological polar surface area (TPSA) is 255 Å². The summed E-state index contributed by atoms with van der Waals surface area (Å²) in [6.45, 7) is 0.933. The van der Waals surface area contributed by atoms with Crippen LogP contribution in [0.25, 0.3) is 0 Å². The summed E-state index contributed by atoms with van der Waals surface area (Å²) in [5.74, 6) is -1.42. The highest BCUT2D eigenvalue weighted by Crippen LogP contribution is 2.61. The van der Waals surface area contributed by atoms with Crippen LogP contribution in [0, 0.1) is 0 Å². The summed E-state index contributed by atoms with van der Waals surface area (Å²) in [7, 11) is -8.24. The van der Waals surface area contributed by atoms with Gasteiger partial charge in [-0.25, -0.2) is 4.31 Å². The molecule has 2 aromatic rings. The first-order valence-corrected chi connectivity index (χ1v) is 16.9. The van der Waals surface area contributed by atoms with Crippen LogP contribution in [0.1, 0.15) is 33.2 Å². The van der Waals surface area contributed by atoms with E-state index in [-0.39, 0.29) is 11.1 Å². The Morgan fingerprint density at radius 1 is 0.767 bits per heavy atom. The van der Waals surface area contributed by atoms with Crippen LogP contribution in [0.15, 0.2) is 49.1 Å². The fourth-order valence-electron chi connectivity index (χ4n) is 4.55. The number of hydrogen-bond donors (Lipinski definition) is 6. The van der Waals surface area contributed by atoms with E-state index in [1.807, 2.05) is 0 Å². The molecule has 0 aliphatic carbocycles. The van der Waals surface area contributed by atoms with Gasteiger partial charge in [-0.2, -0.15) is 9.13 Å². The molecule has 0 aromatic carbocycles. The van der Waals surface area contributed by atoms with Gasteiger partial charge >= 0.3 is 15.2 Å². The molecule has 2 aliphatic heterocycles. The summed E-state index contributed by atoms with van der Waals surface area (Å²) in [5.41, 5.74) is 10.8. The Kier molecular flexibility index (Phi) is 10.2. The SMILES string of the molecule is CP(=O)(OC[C@H]1OC([n+]2cccc(C(N)=O)c2)[C@H](O)[C@@H]1O)OP(C)(=O)OC[C@H]1OC([n+]2cccc(C(N)=O)c2)[C@H](O)[C@@H]1O. The van der Waals surface area contributed by atoms with Crippen molar-refractivity contribution in [3.05, 3.63) is 60.2 Å². The molecule has 2 saturated heterocycles. The second kappa shape index (κ2) is 13.1. The van der Waals surface area contributed by atoms with Crippen molar-refractivity contribution in [3.8, 4) is 0 Å². The number of nitrogens with two attached hydrogens (primary N) is 2. The Morgan fingerprint density at radius 2 is 1.14 bits per heavy atom. The van der Waals surface area contributed by atoms with Gasteiger partial charge in [0.1, 0.15) is 35.5 Å². The fraction of sp³-hybridized carbons (Fsp3) is 0.500. The number of primary amides is 2. The van der Waals surface area contributed by atoms with E-state index in [4.69, 9.17) is 34.3 Å². The predicted octanol–water partition coefficient (Wildman–Crippen LogP) is -1.91. The smallest absolute Gasteiger partial charge is 0.334 e. The summed E-state index contributed by atoms with van der Waals surface area (Å²) in [4.78, 5) is 22.9. The molecule has 2 amide bonds. The van der Waals surface area contributed by atoms with Crippen LogP contribution < -0.4 is 20.6 Å².